The summed E-state index contributed by atoms with van der Waals surface area (Å²) in [5.74, 6) is 0.0768. The Balaban J connectivity index is 1.90. The van der Waals surface area contributed by atoms with Gasteiger partial charge in [-0.1, -0.05) is 12.1 Å². The van der Waals surface area contributed by atoms with Crippen LogP contribution in [0.1, 0.15) is 21.6 Å². The van der Waals surface area contributed by atoms with Gasteiger partial charge in [0, 0.05) is 26.2 Å². The zero-order valence-electron chi connectivity index (χ0n) is 12.5. The second kappa shape index (κ2) is 5.69. The Hall–Kier alpha value is -2.14. The van der Waals surface area contributed by atoms with Gasteiger partial charge in [0.15, 0.2) is 0 Å². The van der Waals surface area contributed by atoms with Crippen molar-refractivity contribution in [2.75, 3.05) is 26.2 Å². The lowest BCUT2D eigenvalue weighted by Gasteiger charge is -2.27. The first-order valence-electron chi connectivity index (χ1n) is 7.28. The molecule has 0 spiro atoms. The fourth-order valence-electron chi connectivity index (χ4n) is 2.68. The van der Waals surface area contributed by atoms with Gasteiger partial charge in [-0.3, -0.25) is 4.79 Å². The SMILES string of the molecule is Cc1cccc(-n2ncc(C(=O)N3CCNCC3)c2C)c1. The molecule has 21 heavy (non-hydrogen) atoms. The number of nitrogens with zero attached hydrogens (tertiary/aromatic N) is 3. The smallest absolute Gasteiger partial charge is 0.257 e. The van der Waals surface area contributed by atoms with Crippen LogP contribution in [0.25, 0.3) is 5.69 Å². The summed E-state index contributed by atoms with van der Waals surface area (Å²) < 4.78 is 1.84. The quantitative estimate of drug-likeness (QED) is 0.910. The van der Waals surface area contributed by atoms with Crippen molar-refractivity contribution in [3.8, 4) is 5.69 Å². The molecule has 0 saturated carbocycles. The van der Waals surface area contributed by atoms with Crippen LogP contribution in [0.4, 0.5) is 0 Å². The average Bonchev–Trinajstić information content (AvgIpc) is 2.89. The van der Waals surface area contributed by atoms with E-state index in [1.54, 1.807) is 6.20 Å². The molecule has 5 nitrogen and oxygen atoms in total. The van der Waals surface area contributed by atoms with Gasteiger partial charge in [-0.05, 0) is 31.5 Å². The van der Waals surface area contributed by atoms with Crippen LogP contribution in [0.5, 0.6) is 0 Å². The summed E-state index contributed by atoms with van der Waals surface area (Å²) in [4.78, 5) is 14.5. The second-order valence-corrected chi connectivity index (χ2v) is 5.44. The number of piperazine rings is 1. The lowest BCUT2D eigenvalue weighted by atomic mass is 10.2. The third-order valence-electron chi connectivity index (χ3n) is 3.89. The Morgan fingerprint density at radius 1 is 1.24 bits per heavy atom. The van der Waals surface area contributed by atoms with Crippen LogP contribution in [-0.2, 0) is 0 Å². The molecule has 2 aromatic rings. The number of hydrogen-bond donors (Lipinski definition) is 1. The normalized spacial score (nSPS) is 15.2. The number of nitrogens with one attached hydrogen (secondary N) is 1. The maximum absolute atomic E-state index is 12.6. The first-order chi connectivity index (χ1) is 10.2. The van der Waals surface area contributed by atoms with E-state index in [-0.39, 0.29) is 5.91 Å². The standard InChI is InChI=1S/C16H20N4O/c1-12-4-3-5-14(10-12)20-13(2)15(11-18-20)16(21)19-8-6-17-7-9-19/h3-5,10-11,17H,6-9H2,1-2H3. The molecule has 3 rings (SSSR count). The maximum atomic E-state index is 12.6. The van der Waals surface area contributed by atoms with E-state index >= 15 is 0 Å². The number of aromatic nitrogens is 2. The highest BCUT2D eigenvalue weighted by Gasteiger charge is 2.22. The highest BCUT2D eigenvalue weighted by Crippen LogP contribution is 2.17. The van der Waals surface area contributed by atoms with E-state index in [9.17, 15) is 4.79 Å². The van der Waals surface area contributed by atoms with E-state index in [2.05, 4.69) is 29.5 Å². The number of aryl methyl sites for hydroxylation is 1. The molecule has 0 unspecified atom stereocenters. The summed E-state index contributed by atoms with van der Waals surface area (Å²) >= 11 is 0. The lowest BCUT2D eigenvalue weighted by molar-refractivity contribution is 0.0735. The van der Waals surface area contributed by atoms with Crippen LogP contribution >= 0.6 is 0 Å². The highest BCUT2D eigenvalue weighted by atomic mass is 16.2. The fraction of sp³-hybridized carbons (Fsp3) is 0.375. The van der Waals surface area contributed by atoms with Crippen molar-refractivity contribution in [1.82, 2.24) is 20.0 Å². The Kier molecular flexibility index (Phi) is 3.75. The molecule has 1 aromatic carbocycles. The highest BCUT2D eigenvalue weighted by molar-refractivity contribution is 5.95. The predicted octanol–water partition coefficient (Wildman–Crippen LogP) is 1.53. The molecule has 0 atom stereocenters. The molecular formula is C16H20N4O. The minimum atomic E-state index is 0.0768. The zero-order valence-corrected chi connectivity index (χ0v) is 12.5. The first kappa shape index (κ1) is 13.8. The number of benzene rings is 1. The minimum Gasteiger partial charge on any atom is -0.336 e. The molecule has 0 aliphatic carbocycles. The molecule has 1 amide bonds. The van der Waals surface area contributed by atoms with Crippen LogP contribution in [0.3, 0.4) is 0 Å². The van der Waals surface area contributed by atoms with Gasteiger partial charge in [0.1, 0.15) is 0 Å². The molecular weight excluding hydrogens is 264 g/mol. The second-order valence-electron chi connectivity index (χ2n) is 5.44. The van der Waals surface area contributed by atoms with E-state index in [0.29, 0.717) is 5.56 Å². The summed E-state index contributed by atoms with van der Waals surface area (Å²) in [6, 6.07) is 8.13. The molecule has 1 N–H and O–H groups in total. The van der Waals surface area contributed by atoms with Gasteiger partial charge in [-0.2, -0.15) is 5.10 Å². The van der Waals surface area contributed by atoms with Crippen molar-refractivity contribution >= 4 is 5.91 Å². The summed E-state index contributed by atoms with van der Waals surface area (Å²) in [7, 11) is 0. The third-order valence-corrected chi connectivity index (χ3v) is 3.89. The van der Waals surface area contributed by atoms with Gasteiger partial charge in [0.05, 0.1) is 23.1 Å². The van der Waals surface area contributed by atoms with E-state index in [1.165, 1.54) is 5.56 Å². The van der Waals surface area contributed by atoms with Gasteiger partial charge < -0.3 is 10.2 Å². The first-order valence-corrected chi connectivity index (χ1v) is 7.28. The molecule has 1 aliphatic rings. The van der Waals surface area contributed by atoms with Gasteiger partial charge in [0.25, 0.3) is 5.91 Å². The van der Waals surface area contributed by atoms with Crippen LogP contribution in [0.15, 0.2) is 30.5 Å². The van der Waals surface area contributed by atoms with Crippen molar-refractivity contribution in [2.24, 2.45) is 0 Å². The van der Waals surface area contributed by atoms with Gasteiger partial charge in [0.2, 0.25) is 0 Å². The number of carbonyl (C=O) groups excluding carboxylic acids is 1. The molecule has 5 heteroatoms. The van der Waals surface area contributed by atoms with Crippen LogP contribution < -0.4 is 5.32 Å². The summed E-state index contributed by atoms with van der Waals surface area (Å²) in [6.45, 7) is 7.23. The Morgan fingerprint density at radius 3 is 2.71 bits per heavy atom. The Bertz CT molecular complexity index is 656. The van der Waals surface area contributed by atoms with Crippen LogP contribution in [0.2, 0.25) is 0 Å². The molecule has 110 valence electrons. The zero-order chi connectivity index (χ0) is 14.8. The fourth-order valence-corrected chi connectivity index (χ4v) is 2.68. The largest absolute Gasteiger partial charge is 0.336 e. The number of rotatable bonds is 2. The van der Waals surface area contributed by atoms with Crippen molar-refractivity contribution in [3.05, 3.63) is 47.3 Å². The number of carbonyl (C=O) groups is 1. The topological polar surface area (TPSA) is 50.2 Å². The number of hydrogen-bond acceptors (Lipinski definition) is 3. The summed E-state index contributed by atoms with van der Waals surface area (Å²) in [5, 5.41) is 7.65. The predicted molar refractivity (Wildman–Crippen MR) is 81.8 cm³/mol. The van der Waals surface area contributed by atoms with E-state index in [0.717, 1.165) is 37.6 Å². The summed E-state index contributed by atoms with van der Waals surface area (Å²) in [6.07, 6.45) is 1.68. The molecule has 1 saturated heterocycles. The third kappa shape index (κ3) is 2.69. The van der Waals surface area contributed by atoms with E-state index < -0.39 is 0 Å². The summed E-state index contributed by atoms with van der Waals surface area (Å²) in [5.41, 5.74) is 3.76. The van der Waals surface area contributed by atoms with Gasteiger partial charge >= 0.3 is 0 Å². The van der Waals surface area contributed by atoms with E-state index in [4.69, 9.17) is 0 Å². The molecule has 2 heterocycles. The Labute approximate surface area is 124 Å². The molecule has 1 fully saturated rings. The van der Waals surface area contributed by atoms with Crippen molar-refractivity contribution < 1.29 is 4.79 Å². The maximum Gasteiger partial charge on any atom is 0.257 e. The van der Waals surface area contributed by atoms with E-state index in [1.807, 2.05) is 28.6 Å². The number of amides is 1. The van der Waals surface area contributed by atoms with Gasteiger partial charge in [-0.25, -0.2) is 4.68 Å². The van der Waals surface area contributed by atoms with Gasteiger partial charge in [-0.15, -0.1) is 0 Å². The lowest BCUT2D eigenvalue weighted by Crippen LogP contribution is -2.46. The van der Waals surface area contributed by atoms with Crippen molar-refractivity contribution in [1.29, 1.82) is 0 Å². The molecule has 0 bridgehead atoms. The van der Waals surface area contributed by atoms with Crippen molar-refractivity contribution in [3.63, 3.8) is 0 Å². The van der Waals surface area contributed by atoms with Crippen LogP contribution in [0, 0.1) is 13.8 Å². The average molecular weight is 284 g/mol. The monoisotopic (exact) mass is 284 g/mol. The molecule has 1 aromatic heterocycles. The molecule has 1 aliphatic heterocycles. The Morgan fingerprint density at radius 2 is 2.00 bits per heavy atom. The van der Waals surface area contributed by atoms with Crippen molar-refractivity contribution in [2.45, 2.75) is 13.8 Å². The minimum absolute atomic E-state index is 0.0768. The molecule has 0 radical (unpaired) electrons. The van der Waals surface area contributed by atoms with Crippen LogP contribution in [-0.4, -0.2) is 46.8 Å².